The Kier molecular flexibility index (Phi) is 24.8. The third-order valence-electron chi connectivity index (χ3n) is 12.7. The molecule has 4 aromatic rings. The van der Waals surface area contributed by atoms with Gasteiger partial charge in [-0.15, -0.1) is 0 Å². The molecule has 98 heavy (non-hydrogen) atoms. The van der Waals surface area contributed by atoms with Crippen molar-refractivity contribution in [3.8, 4) is 80.5 Å². The molecule has 2 N–H and O–H groups in total. The Hall–Kier alpha value is -6.00. The normalized spacial score (nSPS) is 14.4. The van der Waals surface area contributed by atoms with Gasteiger partial charge < -0.3 is 76.5 Å². The molecule has 2 atom stereocenters. The van der Waals surface area contributed by atoms with E-state index >= 15 is 0 Å². The van der Waals surface area contributed by atoms with Crippen LogP contribution < -0.4 is 66.3 Å². The molecule has 0 bridgehead atoms. The molecule has 0 saturated heterocycles. The van der Waals surface area contributed by atoms with Gasteiger partial charge in [0.2, 0.25) is 0 Å². The third kappa shape index (κ3) is 28.2. The van der Waals surface area contributed by atoms with E-state index in [2.05, 4.69) is 0 Å². The van der Waals surface area contributed by atoms with Crippen LogP contribution in [0.3, 0.4) is 0 Å². The van der Waals surface area contributed by atoms with E-state index in [1.807, 2.05) is 283 Å². The summed E-state index contributed by atoms with van der Waals surface area (Å²) in [6, 6.07) is 10.8. The fourth-order valence-corrected chi connectivity index (χ4v) is 10.1. The lowest BCUT2D eigenvalue weighted by atomic mass is 9.92. The lowest BCUT2D eigenvalue weighted by molar-refractivity contribution is 0.0347. The standard InChI is InChI=1S/C82H134O16/c1-69(2,3)85-49-43-51(87-71(7,8)9)59(52(44-49)88-72(10,11)12)63(83)60-53(89-73(13,14)15)45-50(86-70(4,5)6)46-54(60)93-81(37,38)41-42-82(39,40)94-58-48-57(92-76(22,23)24)67(97-79(31,32)33)62(68(58)98-80(34,35)36)64(84)61-65(95-77(25,26)27)55(90-74(16,17)18)47-56(91-75(19,20)21)66(61)96-78(28,29)30/h43-48,63-64,83-84H,41-42H2,1-40H3. The highest BCUT2D eigenvalue weighted by atomic mass is 16.6. The van der Waals surface area contributed by atoms with Crippen LogP contribution in [-0.4, -0.2) is 88.6 Å². The van der Waals surface area contributed by atoms with Gasteiger partial charge in [0.05, 0.1) is 22.3 Å². The first-order valence-corrected chi connectivity index (χ1v) is 35.1. The monoisotopic (exact) mass is 1370 g/mol. The van der Waals surface area contributed by atoms with Gasteiger partial charge in [0.25, 0.3) is 0 Å². The first-order chi connectivity index (χ1) is 43.3. The number of rotatable bonds is 23. The zero-order chi connectivity index (χ0) is 76.1. The number of ether oxygens (including phenoxy) is 14. The SMILES string of the molecule is CC(C)(C)Oc1cc(OC(C)(C)C)c(C(O)c2c(OC(C)(C)C)cc(OC(C)(C)C)cc2OC(C)(C)CCC(C)(C)Oc2cc(OC(C)(C)C)c(OC(C)(C)C)c(C(O)c3c(OC(C)(C)C)c(OC(C)(C)C)cc(OC(C)(C)C)c3OC(C)(C)C)c2OC(C)(C)C)c(OC(C)(C)C)c1. The highest BCUT2D eigenvalue weighted by molar-refractivity contribution is 5.70. The lowest BCUT2D eigenvalue weighted by Gasteiger charge is -2.38. The summed E-state index contributed by atoms with van der Waals surface area (Å²) in [4.78, 5) is 0. The molecule has 558 valence electrons. The lowest BCUT2D eigenvalue weighted by Crippen LogP contribution is -2.36. The molecule has 2 unspecified atom stereocenters. The van der Waals surface area contributed by atoms with Crippen LogP contribution in [0.4, 0.5) is 0 Å². The highest BCUT2D eigenvalue weighted by Gasteiger charge is 2.43. The van der Waals surface area contributed by atoms with Gasteiger partial charge in [-0.1, -0.05) is 0 Å². The van der Waals surface area contributed by atoms with E-state index in [9.17, 15) is 10.2 Å². The first kappa shape index (κ1) is 84.4. The van der Waals surface area contributed by atoms with Gasteiger partial charge in [-0.2, -0.15) is 0 Å². The van der Waals surface area contributed by atoms with E-state index in [0.29, 0.717) is 70.0 Å². The van der Waals surface area contributed by atoms with Crippen LogP contribution in [0.1, 0.15) is 324 Å². The number of aliphatic hydroxyl groups excluding tert-OH is 2. The summed E-state index contributed by atoms with van der Waals surface area (Å²) in [5, 5.41) is 27.7. The molecule has 4 rings (SSSR count). The van der Waals surface area contributed by atoms with Crippen LogP contribution >= 0.6 is 0 Å². The van der Waals surface area contributed by atoms with Gasteiger partial charge in [0, 0.05) is 36.4 Å². The zero-order valence-corrected chi connectivity index (χ0v) is 68.6. The maximum atomic E-state index is 14.2. The van der Waals surface area contributed by atoms with Crippen molar-refractivity contribution in [1.82, 2.24) is 0 Å². The van der Waals surface area contributed by atoms with Crippen molar-refractivity contribution < 1.29 is 76.5 Å². The van der Waals surface area contributed by atoms with Gasteiger partial charge >= 0.3 is 0 Å². The van der Waals surface area contributed by atoms with Crippen LogP contribution in [0, 0.1) is 0 Å². The summed E-state index contributed by atoms with van der Waals surface area (Å²) in [6.07, 6.45) is -2.41. The van der Waals surface area contributed by atoms with E-state index in [-0.39, 0.29) is 45.6 Å². The average Bonchev–Trinajstić information content (AvgIpc) is 0.743. The Morgan fingerprint density at radius 3 is 0.571 bits per heavy atom. The molecule has 0 amide bonds. The number of aliphatic hydroxyl groups is 2. The molecule has 16 heteroatoms. The van der Waals surface area contributed by atoms with Crippen molar-refractivity contribution in [3.63, 3.8) is 0 Å². The second kappa shape index (κ2) is 28.8. The van der Waals surface area contributed by atoms with Crippen LogP contribution in [0.2, 0.25) is 0 Å². The Labute approximate surface area is 593 Å². The van der Waals surface area contributed by atoms with Gasteiger partial charge in [0.1, 0.15) is 125 Å². The van der Waals surface area contributed by atoms with Crippen LogP contribution in [0.15, 0.2) is 36.4 Å². The summed E-state index contributed by atoms with van der Waals surface area (Å²) in [7, 11) is 0. The molecule has 16 nitrogen and oxygen atoms in total. The van der Waals surface area contributed by atoms with Gasteiger partial charge in [-0.3, -0.25) is 0 Å². The number of benzene rings is 4. The largest absolute Gasteiger partial charge is 0.488 e. The Morgan fingerprint density at radius 1 is 0.204 bits per heavy atom. The minimum atomic E-state index is -1.69. The fourth-order valence-electron chi connectivity index (χ4n) is 10.1. The van der Waals surface area contributed by atoms with Crippen molar-refractivity contribution in [2.45, 2.75) is 380 Å². The minimum absolute atomic E-state index is 0.179. The van der Waals surface area contributed by atoms with E-state index in [4.69, 9.17) is 66.3 Å². The summed E-state index contributed by atoms with van der Waals surface area (Å²) in [5.74, 6) is 4.30. The minimum Gasteiger partial charge on any atom is -0.488 e. The maximum Gasteiger partial charge on any atom is 0.172 e. The molecule has 0 radical (unpaired) electrons. The number of hydrogen-bond acceptors (Lipinski definition) is 16. The predicted octanol–water partition coefficient (Wildman–Crippen LogP) is 21.8. The molecule has 0 aromatic heterocycles. The maximum absolute atomic E-state index is 14.2. The molecule has 0 aliphatic carbocycles. The molecule has 0 aliphatic heterocycles. The smallest absolute Gasteiger partial charge is 0.172 e. The molecular weight excluding hydrogens is 1240 g/mol. The fraction of sp³-hybridized carbons (Fsp3) is 0.707. The topological polar surface area (TPSA) is 170 Å². The van der Waals surface area contributed by atoms with Crippen LogP contribution in [0.25, 0.3) is 0 Å². The molecule has 0 aliphatic rings. The van der Waals surface area contributed by atoms with Gasteiger partial charge in [0.15, 0.2) is 46.0 Å². The quantitative estimate of drug-likeness (QED) is 0.0718. The summed E-state index contributed by atoms with van der Waals surface area (Å²) >= 11 is 0. The molecule has 0 spiro atoms. The second-order valence-corrected chi connectivity index (χ2v) is 39.2. The van der Waals surface area contributed by atoms with E-state index < -0.39 is 90.6 Å². The van der Waals surface area contributed by atoms with Crippen molar-refractivity contribution in [3.05, 3.63) is 58.7 Å². The Balaban J connectivity index is 2.20. The molecule has 0 saturated carbocycles. The van der Waals surface area contributed by atoms with Crippen molar-refractivity contribution in [2.24, 2.45) is 0 Å². The molecule has 4 aromatic carbocycles. The van der Waals surface area contributed by atoms with Crippen LogP contribution in [-0.2, 0) is 0 Å². The Bertz CT molecular complexity index is 3250. The molecule has 0 fully saturated rings. The van der Waals surface area contributed by atoms with E-state index in [1.54, 1.807) is 30.3 Å². The van der Waals surface area contributed by atoms with Crippen molar-refractivity contribution in [2.75, 3.05) is 0 Å². The van der Waals surface area contributed by atoms with E-state index in [0.717, 1.165) is 0 Å². The van der Waals surface area contributed by atoms with Crippen molar-refractivity contribution >= 4 is 0 Å². The summed E-state index contributed by atoms with van der Waals surface area (Å²) in [6.45, 7) is 78.3. The zero-order valence-electron chi connectivity index (χ0n) is 68.6. The van der Waals surface area contributed by atoms with Crippen molar-refractivity contribution in [1.29, 1.82) is 0 Å². The third-order valence-corrected chi connectivity index (χ3v) is 12.7. The number of hydrogen-bond donors (Lipinski definition) is 2. The summed E-state index contributed by atoms with van der Waals surface area (Å²) in [5.41, 5.74) is -10.2. The van der Waals surface area contributed by atoms with E-state index in [1.165, 1.54) is 0 Å². The average molecular weight is 1380 g/mol. The Morgan fingerprint density at radius 2 is 0.367 bits per heavy atom. The van der Waals surface area contributed by atoms with Gasteiger partial charge in [-0.25, -0.2) is 0 Å². The van der Waals surface area contributed by atoms with Gasteiger partial charge in [-0.05, 0) is 290 Å². The molecular formula is C82H134O16. The molecule has 0 heterocycles. The first-order valence-electron chi connectivity index (χ1n) is 35.1. The second-order valence-electron chi connectivity index (χ2n) is 39.2. The van der Waals surface area contributed by atoms with Crippen LogP contribution in [0.5, 0.6) is 80.5 Å². The highest BCUT2D eigenvalue weighted by Crippen LogP contribution is 2.59. The summed E-state index contributed by atoms with van der Waals surface area (Å²) < 4.78 is 97.6. The predicted molar refractivity (Wildman–Crippen MR) is 397 cm³/mol.